The van der Waals surface area contributed by atoms with Gasteiger partial charge in [-0.15, -0.1) is 0 Å². The molecule has 1 atom stereocenters. The number of halogens is 1. The zero-order chi connectivity index (χ0) is 22.7. The summed E-state index contributed by atoms with van der Waals surface area (Å²) in [6, 6.07) is 14.8. The first kappa shape index (κ1) is 22.1. The van der Waals surface area contributed by atoms with E-state index in [9.17, 15) is 9.59 Å². The Morgan fingerprint density at radius 2 is 1.91 bits per heavy atom. The molecule has 1 fully saturated rings. The Balaban J connectivity index is 1.37. The Bertz CT molecular complexity index is 1160. The molecule has 2 N–H and O–H groups in total. The molecular formula is C25H27ClN4O2. The van der Waals surface area contributed by atoms with Crippen LogP contribution in [0.3, 0.4) is 0 Å². The number of pyridine rings is 1. The fourth-order valence-corrected chi connectivity index (χ4v) is 4.25. The van der Waals surface area contributed by atoms with Crippen LogP contribution in [-0.4, -0.2) is 35.9 Å². The topological polar surface area (TPSA) is 74.3 Å². The van der Waals surface area contributed by atoms with Crippen LogP contribution in [0, 0.1) is 6.92 Å². The van der Waals surface area contributed by atoms with Crippen LogP contribution in [0.25, 0.3) is 10.9 Å². The van der Waals surface area contributed by atoms with Gasteiger partial charge in [0.05, 0.1) is 16.8 Å². The van der Waals surface area contributed by atoms with Crippen molar-refractivity contribution in [2.45, 2.75) is 39.2 Å². The van der Waals surface area contributed by atoms with Crippen molar-refractivity contribution < 1.29 is 9.59 Å². The number of aromatic nitrogens is 1. The van der Waals surface area contributed by atoms with Gasteiger partial charge in [0.2, 0.25) is 5.91 Å². The zero-order valence-corrected chi connectivity index (χ0v) is 19.1. The molecule has 1 aliphatic rings. The molecule has 7 heteroatoms. The van der Waals surface area contributed by atoms with Crippen LogP contribution in [0.2, 0.25) is 5.02 Å². The monoisotopic (exact) mass is 450 g/mol. The third-order valence-corrected chi connectivity index (χ3v) is 5.92. The number of carbonyl (C=O) groups is 2. The number of fused-ring (bicyclic) bond motifs is 1. The fraction of sp³-hybridized carbons (Fsp3) is 0.320. The predicted molar refractivity (Wildman–Crippen MR) is 130 cm³/mol. The minimum Gasteiger partial charge on any atom is -0.371 e. The number of aryl methyl sites for hydroxylation is 1. The summed E-state index contributed by atoms with van der Waals surface area (Å²) in [7, 11) is 0. The lowest BCUT2D eigenvalue weighted by Crippen LogP contribution is -2.36. The van der Waals surface area contributed by atoms with Crippen LogP contribution in [0.4, 0.5) is 11.4 Å². The lowest BCUT2D eigenvalue weighted by Gasteiger charge is -2.19. The lowest BCUT2D eigenvalue weighted by atomic mass is 10.1. The molecule has 0 spiro atoms. The van der Waals surface area contributed by atoms with Gasteiger partial charge in [-0.2, -0.15) is 0 Å². The maximum Gasteiger partial charge on any atom is 0.253 e. The van der Waals surface area contributed by atoms with E-state index in [1.807, 2.05) is 31.2 Å². The first-order valence-corrected chi connectivity index (χ1v) is 11.3. The van der Waals surface area contributed by atoms with E-state index < -0.39 is 0 Å². The van der Waals surface area contributed by atoms with Gasteiger partial charge in [0, 0.05) is 47.3 Å². The number of hydrogen-bond donors (Lipinski definition) is 2. The van der Waals surface area contributed by atoms with Crippen molar-refractivity contribution in [3.8, 4) is 0 Å². The second-order valence-corrected chi connectivity index (χ2v) is 8.77. The number of hydrogen-bond acceptors (Lipinski definition) is 4. The van der Waals surface area contributed by atoms with Crippen molar-refractivity contribution in [3.05, 3.63) is 64.8 Å². The minimum atomic E-state index is -0.335. The van der Waals surface area contributed by atoms with E-state index in [0.29, 0.717) is 16.3 Å². The van der Waals surface area contributed by atoms with E-state index in [1.54, 1.807) is 25.1 Å². The number of anilines is 2. The molecule has 2 amide bonds. The van der Waals surface area contributed by atoms with Gasteiger partial charge in [-0.3, -0.25) is 14.6 Å². The van der Waals surface area contributed by atoms with E-state index >= 15 is 0 Å². The van der Waals surface area contributed by atoms with Crippen molar-refractivity contribution in [1.82, 2.24) is 10.3 Å². The van der Waals surface area contributed by atoms with Gasteiger partial charge >= 0.3 is 0 Å². The molecule has 1 unspecified atom stereocenters. The maximum absolute atomic E-state index is 12.8. The molecule has 0 bridgehead atoms. The van der Waals surface area contributed by atoms with E-state index in [-0.39, 0.29) is 24.3 Å². The van der Waals surface area contributed by atoms with E-state index in [2.05, 4.69) is 26.6 Å². The summed E-state index contributed by atoms with van der Waals surface area (Å²) in [5.74, 6) is -0.398. The Kier molecular flexibility index (Phi) is 6.61. The molecule has 2 heterocycles. The highest BCUT2D eigenvalue weighted by atomic mass is 35.5. The normalized spacial score (nSPS) is 14.4. The van der Waals surface area contributed by atoms with E-state index in [1.165, 1.54) is 12.8 Å². The maximum atomic E-state index is 12.8. The van der Waals surface area contributed by atoms with Gasteiger partial charge in [-0.1, -0.05) is 17.7 Å². The molecule has 6 nitrogen and oxygen atoms in total. The summed E-state index contributed by atoms with van der Waals surface area (Å²) in [4.78, 5) is 32.2. The molecule has 0 aliphatic carbocycles. The molecule has 32 heavy (non-hydrogen) atoms. The number of nitrogens with one attached hydrogen (secondary N) is 2. The smallest absolute Gasteiger partial charge is 0.253 e. The Hall–Kier alpha value is -3.12. The highest BCUT2D eigenvalue weighted by Crippen LogP contribution is 2.24. The number of rotatable bonds is 6. The lowest BCUT2D eigenvalue weighted by molar-refractivity contribution is -0.116. The summed E-state index contributed by atoms with van der Waals surface area (Å²) in [5.41, 5.74) is 3.79. The number of nitrogens with zero attached hydrogens (tertiary/aromatic N) is 2. The van der Waals surface area contributed by atoms with Crippen LogP contribution in [0.1, 0.15) is 42.2 Å². The number of benzene rings is 2. The van der Waals surface area contributed by atoms with Gasteiger partial charge < -0.3 is 15.5 Å². The van der Waals surface area contributed by atoms with Crippen LogP contribution >= 0.6 is 11.6 Å². The summed E-state index contributed by atoms with van der Waals surface area (Å²) in [6.07, 6.45) is 2.58. The van der Waals surface area contributed by atoms with E-state index in [0.717, 1.165) is 35.4 Å². The molecule has 0 radical (unpaired) electrons. The average molecular weight is 451 g/mol. The summed E-state index contributed by atoms with van der Waals surface area (Å²) >= 11 is 6.07. The van der Waals surface area contributed by atoms with Gasteiger partial charge in [0.25, 0.3) is 5.91 Å². The van der Waals surface area contributed by atoms with Gasteiger partial charge in [0.1, 0.15) is 0 Å². The second-order valence-electron chi connectivity index (χ2n) is 8.33. The molecule has 0 saturated carbocycles. The van der Waals surface area contributed by atoms with E-state index in [4.69, 9.17) is 11.6 Å². The van der Waals surface area contributed by atoms with Crippen molar-refractivity contribution in [1.29, 1.82) is 0 Å². The second kappa shape index (κ2) is 9.57. The van der Waals surface area contributed by atoms with Crippen LogP contribution in [0.5, 0.6) is 0 Å². The SMILES string of the molecule is Cc1nc2ccc(Cl)cc2cc1C(=O)NC(C)CC(=O)Nc1cccc(N2CCCC2)c1. The van der Waals surface area contributed by atoms with Gasteiger partial charge in [-0.25, -0.2) is 0 Å². The molecule has 166 valence electrons. The summed E-state index contributed by atoms with van der Waals surface area (Å²) in [5, 5.41) is 7.25. The average Bonchev–Trinajstić information content (AvgIpc) is 3.28. The molecule has 2 aromatic carbocycles. The summed E-state index contributed by atoms with van der Waals surface area (Å²) in [6.45, 7) is 5.72. The standard InChI is InChI=1S/C25H27ClN4O2/c1-16(12-24(31)29-20-6-5-7-21(15-20)30-10-3-4-11-30)27-25(32)22-14-18-13-19(26)8-9-23(18)28-17(22)2/h5-9,13-16H,3-4,10-12H2,1-2H3,(H,27,32)(H,29,31). The zero-order valence-electron chi connectivity index (χ0n) is 18.3. The molecule has 1 saturated heterocycles. The molecule has 3 aromatic rings. The van der Waals surface area contributed by atoms with Crippen molar-refractivity contribution >= 4 is 45.7 Å². The van der Waals surface area contributed by atoms with Crippen molar-refractivity contribution in [2.24, 2.45) is 0 Å². The first-order valence-electron chi connectivity index (χ1n) is 10.9. The third kappa shape index (κ3) is 5.19. The quantitative estimate of drug-likeness (QED) is 0.557. The Labute approximate surface area is 193 Å². The molecule has 4 rings (SSSR count). The largest absolute Gasteiger partial charge is 0.371 e. The predicted octanol–water partition coefficient (Wildman–Crippen LogP) is 4.94. The van der Waals surface area contributed by atoms with Crippen LogP contribution in [0.15, 0.2) is 48.5 Å². The summed E-state index contributed by atoms with van der Waals surface area (Å²) < 4.78 is 0. The third-order valence-electron chi connectivity index (χ3n) is 5.68. The van der Waals surface area contributed by atoms with Gasteiger partial charge in [0.15, 0.2) is 0 Å². The fourth-order valence-electron chi connectivity index (χ4n) is 4.07. The first-order chi connectivity index (χ1) is 15.4. The number of carbonyl (C=O) groups excluding carboxylic acids is 2. The molecular weight excluding hydrogens is 424 g/mol. The minimum absolute atomic E-state index is 0.142. The van der Waals surface area contributed by atoms with Crippen LogP contribution in [-0.2, 0) is 4.79 Å². The highest BCUT2D eigenvalue weighted by molar-refractivity contribution is 6.31. The number of amides is 2. The molecule has 1 aliphatic heterocycles. The van der Waals surface area contributed by atoms with Crippen molar-refractivity contribution in [3.63, 3.8) is 0 Å². The van der Waals surface area contributed by atoms with Gasteiger partial charge in [-0.05, 0) is 69.2 Å². The van der Waals surface area contributed by atoms with Crippen LogP contribution < -0.4 is 15.5 Å². The molecule has 1 aromatic heterocycles. The Morgan fingerprint density at radius 1 is 1.12 bits per heavy atom. The van der Waals surface area contributed by atoms with Crippen molar-refractivity contribution in [2.75, 3.05) is 23.3 Å². The highest BCUT2D eigenvalue weighted by Gasteiger charge is 2.17. The Morgan fingerprint density at radius 3 is 2.69 bits per heavy atom.